The molecule has 15 heavy (non-hydrogen) atoms. The lowest BCUT2D eigenvalue weighted by molar-refractivity contribution is 0.383. The molecule has 0 saturated heterocycles. The van der Waals surface area contributed by atoms with E-state index in [2.05, 4.69) is 54.3 Å². The number of likely N-dealkylation sites (N-methyl/N-ethyl adjacent to an activating group) is 1. The number of aromatic nitrogens is 1. The van der Waals surface area contributed by atoms with Gasteiger partial charge in [0.15, 0.2) is 0 Å². The second kappa shape index (κ2) is 3.11. The van der Waals surface area contributed by atoms with Crippen LogP contribution in [0, 0.1) is 0 Å². The van der Waals surface area contributed by atoms with Gasteiger partial charge in [0.2, 0.25) is 0 Å². The number of hydrogen-bond donors (Lipinski definition) is 1. The molecule has 0 unspecified atom stereocenters. The Morgan fingerprint density at radius 2 is 2.20 bits per heavy atom. The first kappa shape index (κ1) is 8.98. The number of para-hydroxylation sites is 1. The summed E-state index contributed by atoms with van der Waals surface area (Å²) in [5, 5.41) is 4.78. The quantitative estimate of drug-likeness (QED) is 0.747. The van der Waals surface area contributed by atoms with E-state index in [1.165, 1.54) is 16.5 Å². The Hall–Kier alpha value is -1.28. The Labute approximate surface area is 89.9 Å². The minimum Gasteiger partial charge on any atom is -0.343 e. The zero-order valence-corrected chi connectivity index (χ0v) is 9.20. The second-order valence-corrected chi connectivity index (χ2v) is 4.42. The van der Waals surface area contributed by atoms with Gasteiger partial charge in [0.1, 0.15) is 0 Å². The van der Waals surface area contributed by atoms with Gasteiger partial charge in [-0.1, -0.05) is 18.2 Å². The first-order valence-corrected chi connectivity index (χ1v) is 5.57. The van der Waals surface area contributed by atoms with E-state index < -0.39 is 0 Å². The zero-order chi connectivity index (χ0) is 10.4. The van der Waals surface area contributed by atoms with Crippen LogP contribution in [0.2, 0.25) is 0 Å². The molecule has 1 aliphatic rings. The molecule has 0 fully saturated rings. The largest absolute Gasteiger partial charge is 0.343 e. The molecule has 0 aliphatic carbocycles. The average Bonchev–Trinajstić information content (AvgIpc) is 2.69. The Balaban J connectivity index is 2.27. The minimum atomic E-state index is 0.544. The summed E-state index contributed by atoms with van der Waals surface area (Å²) in [6.07, 6.45) is 3.35. The minimum absolute atomic E-state index is 0.544. The maximum Gasteiger partial charge on any atom is 0.0516 e. The highest BCUT2D eigenvalue weighted by atomic mass is 15.1. The average molecular weight is 200 g/mol. The van der Waals surface area contributed by atoms with Crippen LogP contribution in [-0.2, 0) is 6.42 Å². The summed E-state index contributed by atoms with van der Waals surface area (Å²) in [5.74, 6) is 0. The van der Waals surface area contributed by atoms with Crippen molar-refractivity contribution in [3.63, 3.8) is 0 Å². The fourth-order valence-electron chi connectivity index (χ4n) is 2.74. The zero-order valence-electron chi connectivity index (χ0n) is 9.20. The topological polar surface area (TPSA) is 17.0 Å². The first-order chi connectivity index (χ1) is 7.31. The van der Waals surface area contributed by atoms with Crippen LogP contribution in [0.3, 0.4) is 0 Å². The summed E-state index contributed by atoms with van der Waals surface area (Å²) < 4.78 is 2.40. The summed E-state index contributed by atoms with van der Waals surface area (Å²) in [5.41, 5.74) is 2.89. The van der Waals surface area contributed by atoms with E-state index in [1.54, 1.807) is 0 Å². The second-order valence-electron chi connectivity index (χ2n) is 4.42. The Morgan fingerprint density at radius 3 is 3.00 bits per heavy atom. The first-order valence-electron chi connectivity index (χ1n) is 5.57. The van der Waals surface area contributed by atoms with Gasteiger partial charge in [-0.25, -0.2) is 0 Å². The molecule has 2 aromatic rings. The van der Waals surface area contributed by atoms with Crippen LogP contribution in [0.5, 0.6) is 0 Å². The molecule has 1 aliphatic heterocycles. The summed E-state index contributed by atoms with van der Waals surface area (Å²) in [4.78, 5) is 0. The smallest absolute Gasteiger partial charge is 0.0516 e. The SMILES string of the molecule is CN[C@@H]1Cc2cccc3ccn(c23)[C@@H]1C. The van der Waals surface area contributed by atoms with Crippen LogP contribution in [0.15, 0.2) is 30.5 Å². The fraction of sp³-hybridized carbons (Fsp3) is 0.385. The van der Waals surface area contributed by atoms with Crippen LogP contribution in [-0.4, -0.2) is 17.7 Å². The molecule has 0 saturated carbocycles. The monoisotopic (exact) mass is 200 g/mol. The number of nitrogens with zero attached hydrogens (tertiary/aromatic N) is 1. The summed E-state index contributed by atoms with van der Waals surface area (Å²) in [6, 6.07) is 9.91. The molecule has 1 aromatic heterocycles. The Kier molecular flexibility index (Phi) is 1.86. The van der Waals surface area contributed by atoms with Crippen molar-refractivity contribution >= 4 is 10.9 Å². The highest BCUT2D eigenvalue weighted by Gasteiger charge is 2.25. The maximum absolute atomic E-state index is 3.41. The highest BCUT2D eigenvalue weighted by Crippen LogP contribution is 2.31. The lowest BCUT2D eigenvalue weighted by Gasteiger charge is -2.31. The molecule has 0 bridgehead atoms. The molecular formula is C13H16N2. The van der Waals surface area contributed by atoms with E-state index >= 15 is 0 Å². The normalized spacial score (nSPS) is 24.7. The van der Waals surface area contributed by atoms with Crippen molar-refractivity contribution in [2.24, 2.45) is 0 Å². The van der Waals surface area contributed by atoms with Gasteiger partial charge in [0, 0.05) is 18.3 Å². The van der Waals surface area contributed by atoms with Crippen LogP contribution in [0.25, 0.3) is 10.9 Å². The molecule has 2 atom stereocenters. The van der Waals surface area contributed by atoms with E-state index in [-0.39, 0.29) is 0 Å². The third kappa shape index (κ3) is 1.15. The van der Waals surface area contributed by atoms with Gasteiger partial charge in [0.25, 0.3) is 0 Å². The molecule has 0 spiro atoms. The third-order valence-corrected chi connectivity index (χ3v) is 3.66. The van der Waals surface area contributed by atoms with E-state index in [0.29, 0.717) is 12.1 Å². The summed E-state index contributed by atoms with van der Waals surface area (Å²) >= 11 is 0. The van der Waals surface area contributed by atoms with Crippen LogP contribution in [0.1, 0.15) is 18.5 Å². The van der Waals surface area contributed by atoms with Gasteiger partial charge in [-0.15, -0.1) is 0 Å². The molecule has 0 amide bonds. The fourth-order valence-corrected chi connectivity index (χ4v) is 2.74. The molecule has 78 valence electrons. The van der Waals surface area contributed by atoms with Gasteiger partial charge in [-0.05, 0) is 37.4 Å². The van der Waals surface area contributed by atoms with Crippen molar-refractivity contribution in [1.82, 2.24) is 9.88 Å². The number of benzene rings is 1. The number of nitrogens with one attached hydrogen (secondary N) is 1. The molecule has 1 aromatic carbocycles. The summed E-state index contributed by atoms with van der Waals surface area (Å²) in [7, 11) is 2.05. The van der Waals surface area contributed by atoms with Gasteiger partial charge in [0.05, 0.1) is 5.52 Å². The van der Waals surface area contributed by atoms with Gasteiger partial charge in [-0.3, -0.25) is 0 Å². The van der Waals surface area contributed by atoms with Crippen LogP contribution >= 0.6 is 0 Å². The van der Waals surface area contributed by atoms with Crippen molar-refractivity contribution < 1.29 is 0 Å². The number of rotatable bonds is 1. The molecule has 3 rings (SSSR count). The van der Waals surface area contributed by atoms with Gasteiger partial charge < -0.3 is 9.88 Å². The molecule has 2 nitrogen and oxygen atoms in total. The van der Waals surface area contributed by atoms with Crippen molar-refractivity contribution in [2.75, 3.05) is 7.05 Å². The number of hydrogen-bond acceptors (Lipinski definition) is 1. The Bertz CT molecular complexity index is 498. The molecule has 0 radical (unpaired) electrons. The van der Waals surface area contributed by atoms with E-state index in [1.807, 2.05) is 0 Å². The Morgan fingerprint density at radius 1 is 1.33 bits per heavy atom. The van der Waals surface area contributed by atoms with Gasteiger partial charge in [-0.2, -0.15) is 0 Å². The highest BCUT2D eigenvalue weighted by molar-refractivity contribution is 5.84. The standard InChI is InChI=1S/C13H16N2/c1-9-12(14-2)8-11-5-3-4-10-6-7-15(9)13(10)11/h3-7,9,12,14H,8H2,1-2H3/t9-,12-/m1/s1. The van der Waals surface area contributed by atoms with Gasteiger partial charge >= 0.3 is 0 Å². The summed E-state index contributed by atoms with van der Waals surface area (Å²) in [6.45, 7) is 2.29. The lowest BCUT2D eigenvalue weighted by atomic mass is 9.95. The van der Waals surface area contributed by atoms with Crippen molar-refractivity contribution in [3.8, 4) is 0 Å². The molecular weight excluding hydrogens is 184 g/mol. The van der Waals surface area contributed by atoms with Crippen LogP contribution in [0.4, 0.5) is 0 Å². The van der Waals surface area contributed by atoms with Crippen molar-refractivity contribution in [2.45, 2.75) is 25.4 Å². The van der Waals surface area contributed by atoms with E-state index in [4.69, 9.17) is 0 Å². The van der Waals surface area contributed by atoms with Crippen molar-refractivity contribution in [1.29, 1.82) is 0 Å². The van der Waals surface area contributed by atoms with E-state index in [0.717, 1.165) is 6.42 Å². The molecule has 2 heteroatoms. The predicted molar refractivity (Wildman–Crippen MR) is 63.2 cm³/mol. The maximum atomic E-state index is 3.41. The molecule has 2 heterocycles. The molecule has 1 N–H and O–H groups in total. The van der Waals surface area contributed by atoms with Crippen LogP contribution < -0.4 is 5.32 Å². The third-order valence-electron chi connectivity index (χ3n) is 3.66. The van der Waals surface area contributed by atoms with Crippen molar-refractivity contribution in [3.05, 3.63) is 36.0 Å². The lowest BCUT2D eigenvalue weighted by Crippen LogP contribution is -2.38. The van der Waals surface area contributed by atoms with E-state index in [9.17, 15) is 0 Å². The predicted octanol–water partition coefficient (Wildman–Crippen LogP) is 2.35.